The predicted molar refractivity (Wildman–Crippen MR) is 60.8 cm³/mol. The largest absolute Gasteiger partial charge is 0.462 e. The lowest BCUT2D eigenvalue weighted by molar-refractivity contribution is 0.0526. The summed E-state index contributed by atoms with van der Waals surface area (Å²) in [5.74, 6) is -0.283. The van der Waals surface area contributed by atoms with Crippen molar-refractivity contribution in [2.75, 3.05) is 12.3 Å². The average molecular weight is 207 g/mol. The Balaban J connectivity index is 2.91. The number of anilines is 1. The van der Waals surface area contributed by atoms with Gasteiger partial charge in [-0.2, -0.15) is 0 Å². The van der Waals surface area contributed by atoms with Crippen LogP contribution in [0.4, 0.5) is 5.69 Å². The lowest BCUT2D eigenvalue weighted by Crippen LogP contribution is -2.06. The average Bonchev–Trinajstić information content (AvgIpc) is 2.22. The van der Waals surface area contributed by atoms with Crippen LogP contribution in [0.25, 0.3) is 0 Å². The Labute approximate surface area is 90.2 Å². The number of benzene rings is 1. The molecule has 0 atom stereocenters. The minimum Gasteiger partial charge on any atom is -0.462 e. The van der Waals surface area contributed by atoms with Gasteiger partial charge in [0, 0.05) is 5.69 Å². The molecule has 0 saturated carbocycles. The summed E-state index contributed by atoms with van der Waals surface area (Å²) in [5.41, 5.74) is 8.13. The Bertz CT molecular complexity index is 347. The Morgan fingerprint density at radius 2 is 2.13 bits per heavy atom. The smallest absolute Gasteiger partial charge is 0.338 e. The van der Waals surface area contributed by atoms with Crippen LogP contribution in [-0.4, -0.2) is 12.6 Å². The fourth-order valence-corrected chi connectivity index (χ4v) is 1.43. The zero-order valence-electron chi connectivity index (χ0n) is 9.25. The van der Waals surface area contributed by atoms with Crippen LogP contribution in [0.5, 0.6) is 0 Å². The van der Waals surface area contributed by atoms with Crippen molar-refractivity contribution in [3.63, 3.8) is 0 Å². The lowest BCUT2D eigenvalue weighted by atomic mass is 10.0. The number of hydrogen-bond acceptors (Lipinski definition) is 3. The van der Waals surface area contributed by atoms with E-state index < -0.39 is 0 Å². The topological polar surface area (TPSA) is 52.3 Å². The number of nitrogen functional groups attached to an aromatic ring is 1. The fourth-order valence-electron chi connectivity index (χ4n) is 1.43. The van der Waals surface area contributed by atoms with Crippen molar-refractivity contribution < 1.29 is 9.53 Å². The molecule has 1 aromatic carbocycles. The number of esters is 1. The van der Waals surface area contributed by atoms with Crippen molar-refractivity contribution >= 4 is 11.7 Å². The number of rotatable bonds is 4. The van der Waals surface area contributed by atoms with Crippen molar-refractivity contribution in [3.8, 4) is 0 Å². The van der Waals surface area contributed by atoms with E-state index in [1.807, 2.05) is 6.07 Å². The highest BCUT2D eigenvalue weighted by Crippen LogP contribution is 2.16. The van der Waals surface area contributed by atoms with Crippen molar-refractivity contribution in [2.45, 2.75) is 26.7 Å². The van der Waals surface area contributed by atoms with Gasteiger partial charge in [-0.15, -0.1) is 0 Å². The Kier molecular flexibility index (Phi) is 4.16. The number of hydrogen-bond donors (Lipinski definition) is 1. The van der Waals surface area contributed by atoms with Crippen LogP contribution >= 0.6 is 0 Å². The molecule has 0 unspecified atom stereocenters. The van der Waals surface area contributed by atoms with E-state index in [1.165, 1.54) is 0 Å². The van der Waals surface area contributed by atoms with E-state index in [-0.39, 0.29) is 5.97 Å². The Morgan fingerprint density at radius 3 is 2.73 bits per heavy atom. The van der Waals surface area contributed by atoms with Crippen LogP contribution in [0.1, 0.15) is 36.2 Å². The van der Waals surface area contributed by atoms with Crippen molar-refractivity contribution in [1.29, 1.82) is 0 Å². The molecule has 1 aromatic rings. The van der Waals surface area contributed by atoms with E-state index in [1.54, 1.807) is 19.1 Å². The quantitative estimate of drug-likeness (QED) is 0.609. The molecule has 0 bridgehead atoms. The van der Waals surface area contributed by atoms with Crippen molar-refractivity contribution in [1.82, 2.24) is 0 Å². The molecule has 1 rings (SSSR count). The Hall–Kier alpha value is -1.51. The second kappa shape index (κ2) is 5.39. The molecule has 0 fully saturated rings. The van der Waals surface area contributed by atoms with E-state index in [4.69, 9.17) is 10.5 Å². The van der Waals surface area contributed by atoms with E-state index in [2.05, 4.69) is 6.92 Å². The third-order valence-corrected chi connectivity index (χ3v) is 2.17. The minimum atomic E-state index is -0.283. The van der Waals surface area contributed by atoms with Gasteiger partial charge in [-0.3, -0.25) is 0 Å². The van der Waals surface area contributed by atoms with Gasteiger partial charge < -0.3 is 10.5 Å². The molecule has 0 aliphatic heterocycles. The molecule has 0 heterocycles. The van der Waals surface area contributed by atoms with Gasteiger partial charge in [0.15, 0.2) is 0 Å². The van der Waals surface area contributed by atoms with Gasteiger partial charge in [0.25, 0.3) is 0 Å². The van der Waals surface area contributed by atoms with Gasteiger partial charge in [-0.25, -0.2) is 4.79 Å². The number of carbonyl (C=O) groups excluding carboxylic acids is 1. The van der Waals surface area contributed by atoms with E-state index in [0.29, 0.717) is 12.2 Å². The first kappa shape index (κ1) is 11.6. The normalized spacial score (nSPS) is 10.0. The molecule has 82 valence electrons. The standard InChI is InChI=1S/C12H17NO2/c1-3-5-9-8-10(6-7-11(9)13)12(14)15-4-2/h6-8H,3-5,13H2,1-2H3. The summed E-state index contributed by atoms with van der Waals surface area (Å²) in [7, 11) is 0. The molecule has 3 heteroatoms. The molecule has 0 aliphatic carbocycles. The molecule has 0 saturated heterocycles. The maximum atomic E-state index is 11.4. The minimum absolute atomic E-state index is 0.283. The van der Waals surface area contributed by atoms with Gasteiger partial charge in [-0.1, -0.05) is 13.3 Å². The highest BCUT2D eigenvalue weighted by Gasteiger charge is 2.08. The third-order valence-electron chi connectivity index (χ3n) is 2.17. The summed E-state index contributed by atoms with van der Waals surface area (Å²) >= 11 is 0. The Morgan fingerprint density at radius 1 is 1.40 bits per heavy atom. The molecule has 0 radical (unpaired) electrons. The number of carbonyl (C=O) groups is 1. The monoisotopic (exact) mass is 207 g/mol. The third kappa shape index (κ3) is 2.98. The van der Waals surface area contributed by atoms with Gasteiger partial charge in [0.05, 0.1) is 12.2 Å². The lowest BCUT2D eigenvalue weighted by Gasteiger charge is -2.07. The number of nitrogens with two attached hydrogens (primary N) is 1. The van der Waals surface area contributed by atoms with Crippen LogP contribution in [0.15, 0.2) is 18.2 Å². The second-order valence-electron chi connectivity index (χ2n) is 3.38. The molecule has 0 aliphatic rings. The molecular formula is C12H17NO2. The van der Waals surface area contributed by atoms with Crippen LogP contribution in [0, 0.1) is 0 Å². The summed E-state index contributed by atoms with van der Waals surface area (Å²) in [6, 6.07) is 5.28. The van der Waals surface area contributed by atoms with Gasteiger partial charge in [0.1, 0.15) is 0 Å². The van der Waals surface area contributed by atoms with Crippen LogP contribution < -0.4 is 5.73 Å². The predicted octanol–water partition coefficient (Wildman–Crippen LogP) is 2.40. The summed E-state index contributed by atoms with van der Waals surface area (Å²) < 4.78 is 4.92. The zero-order valence-corrected chi connectivity index (χ0v) is 9.25. The van der Waals surface area contributed by atoms with E-state index >= 15 is 0 Å². The first-order valence-electron chi connectivity index (χ1n) is 5.24. The van der Waals surface area contributed by atoms with Crippen LogP contribution in [0.2, 0.25) is 0 Å². The molecule has 2 N–H and O–H groups in total. The van der Waals surface area contributed by atoms with Crippen LogP contribution in [0.3, 0.4) is 0 Å². The summed E-state index contributed by atoms with van der Waals surface area (Å²) in [6.45, 7) is 4.27. The molecular weight excluding hydrogens is 190 g/mol. The van der Waals surface area contributed by atoms with Gasteiger partial charge in [0.2, 0.25) is 0 Å². The molecule has 15 heavy (non-hydrogen) atoms. The highest BCUT2D eigenvalue weighted by atomic mass is 16.5. The number of ether oxygens (including phenoxy) is 1. The fraction of sp³-hybridized carbons (Fsp3) is 0.417. The maximum absolute atomic E-state index is 11.4. The second-order valence-corrected chi connectivity index (χ2v) is 3.38. The molecule has 0 amide bonds. The summed E-state index contributed by atoms with van der Waals surface area (Å²) in [5, 5.41) is 0. The highest BCUT2D eigenvalue weighted by molar-refractivity contribution is 5.90. The molecule has 0 aromatic heterocycles. The van der Waals surface area contributed by atoms with E-state index in [9.17, 15) is 4.79 Å². The van der Waals surface area contributed by atoms with Crippen LogP contribution in [-0.2, 0) is 11.2 Å². The van der Waals surface area contributed by atoms with E-state index in [0.717, 1.165) is 24.1 Å². The summed E-state index contributed by atoms with van der Waals surface area (Å²) in [6.07, 6.45) is 1.90. The summed E-state index contributed by atoms with van der Waals surface area (Å²) in [4.78, 5) is 11.4. The first-order chi connectivity index (χ1) is 7.19. The SMILES string of the molecule is CCCc1cc(C(=O)OCC)ccc1N. The molecule has 3 nitrogen and oxygen atoms in total. The van der Waals surface area contributed by atoms with Gasteiger partial charge in [-0.05, 0) is 37.1 Å². The molecule has 0 spiro atoms. The van der Waals surface area contributed by atoms with Gasteiger partial charge >= 0.3 is 5.97 Å². The number of aryl methyl sites for hydroxylation is 1. The van der Waals surface area contributed by atoms with Crippen molar-refractivity contribution in [3.05, 3.63) is 29.3 Å². The zero-order chi connectivity index (χ0) is 11.3. The first-order valence-corrected chi connectivity index (χ1v) is 5.24. The maximum Gasteiger partial charge on any atom is 0.338 e. The van der Waals surface area contributed by atoms with Crippen molar-refractivity contribution in [2.24, 2.45) is 0 Å².